The van der Waals surface area contributed by atoms with Gasteiger partial charge in [0, 0.05) is 24.2 Å². The SMILES string of the molecule is CCCNC(=O)CN(C)C(=O)COC(=O)CCSc1ccc(F)cc1. The zero-order valence-electron chi connectivity index (χ0n) is 14.4. The molecule has 0 aliphatic heterocycles. The van der Waals surface area contributed by atoms with Crippen LogP contribution >= 0.6 is 11.8 Å². The molecule has 1 rings (SSSR count). The number of benzene rings is 1. The molecule has 138 valence electrons. The first-order valence-electron chi connectivity index (χ1n) is 7.97. The third-order valence-corrected chi connectivity index (χ3v) is 4.14. The fourth-order valence-corrected chi connectivity index (χ4v) is 2.56. The second kappa shape index (κ2) is 11.5. The first kappa shape index (κ1) is 21.0. The Balaban J connectivity index is 2.20. The van der Waals surface area contributed by atoms with Crippen LogP contribution in [0.25, 0.3) is 0 Å². The molecule has 6 nitrogen and oxygen atoms in total. The smallest absolute Gasteiger partial charge is 0.307 e. The van der Waals surface area contributed by atoms with Crippen molar-refractivity contribution in [1.29, 1.82) is 0 Å². The molecular weight excluding hydrogens is 347 g/mol. The van der Waals surface area contributed by atoms with E-state index in [0.717, 1.165) is 11.3 Å². The number of likely N-dealkylation sites (N-methyl/N-ethyl adjacent to an activating group) is 1. The lowest BCUT2D eigenvalue weighted by molar-refractivity contribution is -0.151. The third kappa shape index (κ3) is 9.09. The summed E-state index contributed by atoms with van der Waals surface area (Å²) in [6.45, 7) is 2.03. The molecule has 0 saturated heterocycles. The molecule has 0 aliphatic rings. The summed E-state index contributed by atoms with van der Waals surface area (Å²) >= 11 is 1.40. The van der Waals surface area contributed by atoms with Gasteiger partial charge in [0.25, 0.3) is 5.91 Å². The standard InChI is InChI=1S/C17H23FN2O4S/c1-3-9-19-15(21)11-20(2)16(22)12-24-17(23)8-10-25-14-6-4-13(18)5-7-14/h4-7H,3,8-12H2,1-2H3,(H,19,21). The van der Waals surface area contributed by atoms with Gasteiger partial charge < -0.3 is 15.0 Å². The number of hydrogen-bond donors (Lipinski definition) is 1. The molecule has 2 amide bonds. The molecule has 0 radical (unpaired) electrons. The Labute approximate surface area is 151 Å². The summed E-state index contributed by atoms with van der Waals surface area (Å²) in [5.41, 5.74) is 0. The van der Waals surface area contributed by atoms with Gasteiger partial charge >= 0.3 is 5.97 Å². The van der Waals surface area contributed by atoms with Crippen LogP contribution in [-0.2, 0) is 19.1 Å². The number of ether oxygens (including phenoxy) is 1. The Morgan fingerprint density at radius 3 is 2.56 bits per heavy atom. The fourth-order valence-electron chi connectivity index (χ4n) is 1.73. The van der Waals surface area contributed by atoms with E-state index in [1.54, 1.807) is 12.1 Å². The first-order valence-corrected chi connectivity index (χ1v) is 8.95. The van der Waals surface area contributed by atoms with Crippen molar-refractivity contribution in [1.82, 2.24) is 10.2 Å². The molecule has 8 heteroatoms. The zero-order chi connectivity index (χ0) is 18.7. The van der Waals surface area contributed by atoms with Crippen molar-refractivity contribution < 1.29 is 23.5 Å². The van der Waals surface area contributed by atoms with Crippen LogP contribution in [0.2, 0.25) is 0 Å². The Bertz CT molecular complexity index is 581. The van der Waals surface area contributed by atoms with Gasteiger partial charge in [-0.15, -0.1) is 11.8 Å². The number of nitrogens with one attached hydrogen (secondary N) is 1. The molecule has 0 saturated carbocycles. The maximum atomic E-state index is 12.8. The Hall–Kier alpha value is -2.09. The van der Waals surface area contributed by atoms with Crippen LogP contribution in [0.5, 0.6) is 0 Å². The summed E-state index contributed by atoms with van der Waals surface area (Å²) in [6.07, 6.45) is 0.951. The quantitative estimate of drug-likeness (QED) is 0.502. The number of nitrogens with zero attached hydrogens (tertiary/aromatic N) is 1. The van der Waals surface area contributed by atoms with E-state index < -0.39 is 18.5 Å². The van der Waals surface area contributed by atoms with Crippen LogP contribution in [0.4, 0.5) is 4.39 Å². The second-order valence-electron chi connectivity index (χ2n) is 5.31. The van der Waals surface area contributed by atoms with Gasteiger partial charge in [0.2, 0.25) is 5.91 Å². The molecule has 1 aromatic rings. The molecule has 0 bridgehead atoms. The van der Waals surface area contributed by atoms with E-state index in [4.69, 9.17) is 4.74 Å². The van der Waals surface area contributed by atoms with Gasteiger partial charge in [0.15, 0.2) is 6.61 Å². The monoisotopic (exact) mass is 370 g/mol. The lowest BCUT2D eigenvalue weighted by Crippen LogP contribution is -2.40. The number of rotatable bonds is 10. The lowest BCUT2D eigenvalue weighted by Gasteiger charge is -2.16. The highest BCUT2D eigenvalue weighted by atomic mass is 32.2. The van der Waals surface area contributed by atoms with E-state index in [9.17, 15) is 18.8 Å². The number of halogens is 1. The topological polar surface area (TPSA) is 75.7 Å². The van der Waals surface area contributed by atoms with Gasteiger partial charge in [0.1, 0.15) is 5.82 Å². The molecule has 1 N–H and O–H groups in total. The maximum absolute atomic E-state index is 12.8. The third-order valence-electron chi connectivity index (χ3n) is 3.12. The molecule has 0 atom stereocenters. The summed E-state index contributed by atoms with van der Waals surface area (Å²) in [6, 6.07) is 5.97. The van der Waals surface area contributed by atoms with Gasteiger partial charge in [-0.3, -0.25) is 14.4 Å². The normalized spacial score (nSPS) is 10.2. The summed E-state index contributed by atoms with van der Waals surface area (Å²) in [4.78, 5) is 37.0. The van der Waals surface area contributed by atoms with Crippen LogP contribution in [0.3, 0.4) is 0 Å². The fraction of sp³-hybridized carbons (Fsp3) is 0.471. The number of thioether (sulfide) groups is 1. The van der Waals surface area contributed by atoms with E-state index >= 15 is 0 Å². The van der Waals surface area contributed by atoms with Gasteiger partial charge in [-0.25, -0.2) is 4.39 Å². The largest absolute Gasteiger partial charge is 0.456 e. The minimum absolute atomic E-state index is 0.0726. The van der Waals surface area contributed by atoms with Crippen LogP contribution in [0.15, 0.2) is 29.2 Å². The Kier molecular flexibility index (Phi) is 9.61. The van der Waals surface area contributed by atoms with Gasteiger partial charge in [-0.1, -0.05) is 6.92 Å². The average Bonchev–Trinajstić information content (AvgIpc) is 2.59. The van der Waals surface area contributed by atoms with Crippen molar-refractivity contribution in [2.24, 2.45) is 0 Å². The summed E-state index contributed by atoms with van der Waals surface area (Å²) in [7, 11) is 1.48. The number of carbonyl (C=O) groups is 3. The van der Waals surface area contributed by atoms with Gasteiger partial charge in [0.05, 0.1) is 13.0 Å². The highest BCUT2D eigenvalue weighted by Crippen LogP contribution is 2.18. The summed E-state index contributed by atoms with van der Waals surface area (Å²) < 4.78 is 17.7. The van der Waals surface area contributed by atoms with Crippen molar-refractivity contribution >= 4 is 29.5 Å². The number of hydrogen-bond acceptors (Lipinski definition) is 5. The van der Waals surface area contributed by atoms with Crippen molar-refractivity contribution in [3.05, 3.63) is 30.1 Å². The molecule has 0 unspecified atom stereocenters. The lowest BCUT2D eigenvalue weighted by atomic mass is 10.4. The first-order chi connectivity index (χ1) is 11.9. The molecular formula is C17H23FN2O4S. The predicted molar refractivity (Wildman–Crippen MR) is 93.6 cm³/mol. The van der Waals surface area contributed by atoms with Crippen molar-refractivity contribution in [3.63, 3.8) is 0 Å². The van der Waals surface area contributed by atoms with Crippen molar-refractivity contribution in [2.75, 3.05) is 32.5 Å². The van der Waals surface area contributed by atoms with Crippen molar-refractivity contribution in [2.45, 2.75) is 24.7 Å². The Morgan fingerprint density at radius 2 is 1.92 bits per heavy atom. The minimum Gasteiger partial charge on any atom is -0.456 e. The number of carbonyl (C=O) groups excluding carboxylic acids is 3. The maximum Gasteiger partial charge on any atom is 0.307 e. The van der Waals surface area contributed by atoms with E-state index in [-0.39, 0.29) is 24.7 Å². The van der Waals surface area contributed by atoms with E-state index in [2.05, 4.69) is 5.32 Å². The molecule has 0 heterocycles. The van der Waals surface area contributed by atoms with Crippen LogP contribution in [0, 0.1) is 5.82 Å². The number of amides is 2. The summed E-state index contributed by atoms with van der Waals surface area (Å²) in [5.74, 6) is -1.03. The summed E-state index contributed by atoms with van der Waals surface area (Å²) in [5, 5.41) is 2.66. The number of esters is 1. The zero-order valence-corrected chi connectivity index (χ0v) is 15.2. The predicted octanol–water partition coefficient (Wildman–Crippen LogP) is 1.84. The van der Waals surface area contributed by atoms with Crippen molar-refractivity contribution in [3.8, 4) is 0 Å². The molecule has 0 aromatic heterocycles. The molecule has 25 heavy (non-hydrogen) atoms. The second-order valence-corrected chi connectivity index (χ2v) is 6.48. The average molecular weight is 370 g/mol. The molecule has 0 aliphatic carbocycles. The molecule has 1 aromatic carbocycles. The molecule has 0 fully saturated rings. The minimum atomic E-state index is -0.494. The van der Waals surface area contributed by atoms with E-state index in [0.29, 0.717) is 12.3 Å². The van der Waals surface area contributed by atoms with Gasteiger partial charge in [-0.05, 0) is 30.7 Å². The highest BCUT2D eigenvalue weighted by Gasteiger charge is 2.14. The Morgan fingerprint density at radius 1 is 1.24 bits per heavy atom. The van der Waals surface area contributed by atoms with Crippen LogP contribution in [0.1, 0.15) is 19.8 Å². The molecule has 0 spiro atoms. The van der Waals surface area contributed by atoms with Gasteiger partial charge in [-0.2, -0.15) is 0 Å². The highest BCUT2D eigenvalue weighted by molar-refractivity contribution is 7.99. The van der Waals surface area contributed by atoms with E-state index in [1.807, 2.05) is 6.92 Å². The van der Waals surface area contributed by atoms with Crippen LogP contribution in [-0.4, -0.2) is 55.2 Å². The van der Waals surface area contributed by atoms with E-state index in [1.165, 1.54) is 35.8 Å². The van der Waals surface area contributed by atoms with Crippen LogP contribution < -0.4 is 5.32 Å².